The summed E-state index contributed by atoms with van der Waals surface area (Å²) in [6, 6.07) is 13.9. The lowest BCUT2D eigenvalue weighted by Crippen LogP contribution is -2.17. The summed E-state index contributed by atoms with van der Waals surface area (Å²) < 4.78 is 15.4. The van der Waals surface area contributed by atoms with Crippen molar-refractivity contribution in [1.29, 1.82) is 0 Å². The number of ether oxygens (including phenoxy) is 3. The second-order valence-electron chi connectivity index (χ2n) is 6.86. The van der Waals surface area contributed by atoms with E-state index in [4.69, 9.17) is 25.8 Å². The number of carbonyl (C=O) groups excluding carboxylic acids is 3. The van der Waals surface area contributed by atoms with E-state index in [0.717, 1.165) is 6.07 Å². The number of esters is 1. The van der Waals surface area contributed by atoms with Crippen LogP contribution in [0, 0.1) is 10.1 Å². The monoisotopic (exact) mass is 483 g/mol. The highest BCUT2D eigenvalue weighted by Crippen LogP contribution is 2.27. The van der Waals surface area contributed by atoms with Crippen molar-refractivity contribution in [3.63, 3.8) is 0 Å². The Labute approximate surface area is 199 Å². The third-order valence-electron chi connectivity index (χ3n) is 4.84. The molecular weight excluding hydrogens is 466 g/mol. The number of Topliss-reactive ketones (excluding diaryl/α,β-unsaturated/α-hetero) is 1. The molecule has 0 aliphatic heterocycles. The van der Waals surface area contributed by atoms with E-state index in [-0.39, 0.29) is 33.0 Å². The van der Waals surface area contributed by atoms with Crippen molar-refractivity contribution < 1.29 is 33.5 Å². The van der Waals surface area contributed by atoms with E-state index in [2.05, 4.69) is 0 Å². The standard InChI is InChI=1S/C24H18ClNO8/c1-32-15-8-9-18(22(12-15)33-2)21(27)13-34-24(29)17-6-4-3-5-16(17)23(28)14-7-10-19(25)20(11-14)26(30)31/h3-12H,13H2,1-2H3. The minimum Gasteiger partial charge on any atom is -0.497 e. The van der Waals surface area contributed by atoms with Crippen LogP contribution in [0.1, 0.15) is 36.6 Å². The third-order valence-corrected chi connectivity index (χ3v) is 5.16. The number of hydrogen-bond acceptors (Lipinski definition) is 8. The summed E-state index contributed by atoms with van der Waals surface area (Å²) in [6.45, 7) is -0.601. The number of halogens is 1. The molecular formula is C24H18ClNO8. The Morgan fingerprint density at radius 1 is 0.912 bits per heavy atom. The summed E-state index contributed by atoms with van der Waals surface area (Å²) in [5, 5.41) is 11.0. The maximum absolute atomic E-state index is 13.0. The van der Waals surface area contributed by atoms with Gasteiger partial charge in [0.2, 0.25) is 5.78 Å². The molecule has 34 heavy (non-hydrogen) atoms. The molecule has 0 amide bonds. The van der Waals surface area contributed by atoms with E-state index in [1.54, 1.807) is 6.07 Å². The molecule has 0 heterocycles. The molecule has 0 bridgehead atoms. The van der Waals surface area contributed by atoms with Crippen molar-refractivity contribution in [3.8, 4) is 11.5 Å². The average molecular weight is 484 g/mol. The average Bonchev–Trinajstić information content (AvgIpc) is 2.86. The SMILES string of the molecule is COc1ccc(C(=O)COC(=O)c2ccccc2C(=O)c2ccc(Cl)c([N+](=O)[O-])c2)c(OC)c1. The number of nitrogens with zero attached hydrogens (tertiary/aromatic N) is 1. The van der Waals surface area contributed by atoms with Gasteiger partial charge in [-0.1, -0.05) is 29.8 Å². The van der Waals surface area contributed by atoms with Crippen molar-refractivity contribution in [3.05, 3.63) is 98.1 Å². The largest absolute Gasteiger partial charge is 0.497 e. The van der Waals surface area contributed by atoms with Crippen LogP contribution in [-0.2, 0) is 4.74 Å². The highest BCUT2D eigenvalue weighted by Gasteiger charge is 2.23. The molecule has 0 spiro atoms. The van der Waals surface area contributed by atoms with Crippen LogP contribution >= 0.6 is 11.6 Å². The van der Waals surface area contributed by atoms with Crippen LogP contribution in [0.3, 0.4) is 0 Å². The summed E-state index contributed by atoms with van der Waals surface area (Å²) in [7, 11) is 2.86. The van der Waals surface area contributed by atoms with Crippen LogP contribution in [0.2, 0.25) is 5.02 Å². The normalized spacial score (nSPS) is 10.3. The van der Waals surface area contributed by atoms with E-state index >= 15 is 0 Å². The van der Waals surface area contributed by atoms with Crippen LogP contribution in [0.4, 0.5) is 5.69 Å². The second kappa shape index (κ2) is 10.6. The van der Waals surface area contributed by atoms with E-state index in [0.29, 0.717) is 5.75 Å². The second-order valence-corrected chi connectivity index (χ2v) is 7.27. The summed E-state index contributed by atoms with van der Waals surface area (Å²) in [4.78, 5) is 48.7. The first-order valence-electron chi connectivity index (χ1n) is 9.76. The predicted octanol–water partition coefficient (Wildman–Crippen LogP) is 4.54. The van der Waals surface area contributed by atoms with Gasteiger partial charge in [0.1, 0.15) is 16.5 Å². The van der Waals surface area contributed by atoms with Gasteiger partial charge in [0.25, 0.3) is 5.69 Å². The number of benzene rings is 3. The maximum Gasteiger partial charge on any atom is 0.339 e. The Bertz CT molecular complexity index is 1290. The molecule has 3 aromatic carbocycles. The summed E-state index contributed by atoms with van der Waals surface area (Å²) in [6.07, 6.45) is 0. The van der Waals surface area contributed by atoms with Gasteiger partial charge in [-0.3, -0.25) is 19.7 Å². The number of rotatable bonds is 9. The molecule has 0 fully saturated rings. The van der Waals surface area contributed by atoms with Crippen LogP contribution in [0.25, 0.3) is 0 Å². The lowest BCUT2D eigenvalue weighted by Gasteiger charge is -2.11. The topological polar surface area (TPSA) is 122 Å². The van der Waals surface area contributed by atoms with Gasteiger partial charge in [-0.15, -0.1) is 0 Å². The minimum absolute atomic E-state index is 0.0320. The van der Waals surface area contributed by atoms with Gasteiger partial charge in [0, 0.05) is 23.3 Å². The molecule has 0 radical (unpaired) electrons. The van der Waals surface area contributed by atoms with Crippen molar-refractivity contribution in [2.45, 2.75) is 0 Å². The summed E-state index contributed by atoms with van der Waals surface area (Å²) >= 11 is 5.81. The fraction of sp³-hybridized carbons (Fsp3) is 0.125. The number of hydrogen-bond donors (Lipinski definition) is 0. The molecule has 0 aliphatic carbocycles. The Morgan fingerprint density at radius 3 is 2.26 bits per heavy atom. The number of methoxy groups -OCH3 is 2. The van der Waals surface area contributed by atoms with Crippen molar-refractivity contribution >= 4 is 34.8 Å². The molecule has 174 valence electrons. The minimum atomic E-state index is -0.909. The van der Waals surface area contributed by atoms with Crippen LogP contribution in [-0.4, -0.2) is 43.3 Å². The van der Waals surface area contributed by atoms with Gasteiger partial charge in [-0.2, -0.15) is 0 Å². The summed E-state index contributed by atoms with van der Waals surface area (Å²) in [5.41, 5.74) is -0.422. The van der Waals surface area contributed by atoms with Gasteiger partial charge in [-0.25, -0.2) is 4.79 Å². The van der Waals surface area contributed by atoms with Crippen molar-refractivity contribution in [2.24, 2.45) is 0 Å². The first-order chi connectivity index (χ1) is 16.3. The van der Waals surface area contributed by atoms with Gasteiger partial charge < -0.3 is 14.2 Å². The zero-order chi connectivity index (χ0) is 24.8. The first kappa shape index (κ1) is 24.4. The molecule has 0 aliphatic rings. The smallest absolute Gasteiger partial charge is 0.339 e. The van der Waals surface area contributed by atoms with Crippen molar-refractivity contribution in [2.75, 3.05) is 20.8 Å². The van der Waals surface area contributed by atoms with Crippen LogP contribution in [0.5, 0.6) is 11.5 Å². The zero-order valence-corrected chi connectivity index (χ0v) is 18.8. The molecule has 0 N–H and O–H groups in total. The number of nitro benzene ring substituents is 1. The Kier molecular flexibility index (Phi) is 7.60. The molecule has 0 saturated heterocycles. The third kappa shape index (κ3) is 5.21. The highest BCUT2D eigenvalue weighted by atomic mass is 35.5. The zero-order valence-electron chi connectivity index (χ0n) is 18.1. The first-order valence-corrected chi connectivity index (χ1v) is 10.1. The van der Waals surface area contributed by atoms with E-state index < -0.39 is 34.8 Å². The lowest BCUT2D eigenvalue weighted by molar-refractivity contribution is -0.384. The van der Waals surface area contributed by atoms with Crippen LogP contribution in [0.15, 0.2) is 60.7 Å². The van der Waals surface area contributed by atoms with Crippen LogP contribution < -0.4 is 9.47 Å². The molecule has 0 unspecified atom stereocenters. The molecule has 0 saturated carbocycles. The number of carbonyl (C=O) groups is 3. The predicted molar refractivity (Wildman–Crippen MR) is 122 cm³/mol. The van der Waals surface area contributed by atoms with Gasteiger partial charge in [0.15, 0.2) is 12.4 Å². The van der Waals surface area contributed by atoms with E-state index in [9.17, 15) is 24.5 Å². The lowest BCUT2D eigenvalue weighted by atomic mass is 9.98. The molecule has 3 rings (SSSR count). The Balaban J connectivity index is 1.81. The molecule has 0 aromatic heterocycles. The van der Waals surface area contributed by atoms with Crippen molar-refractivity contribution in [1.82, 2.24) is 0 Å². The number of nitro groups is 1. The maximum atomic E-state index is 13.0. The number of ketones is 2. The fourth-order valence-electron chi connectivity index (χ4n) is 3.12. The quantitative estimate of drug-likeness (QED) is 0.188. The van der Waals surface area contributed by atoms with E-state index in [1.807, 2.05) is 0 Å². The molecule has 9 nitrogen and oxygen atoms in total. The molecule has 0 atom stereocenters. The highest BCUT2D eigenvalue weighted by molar-refractivity contribution is 6.33. The molecule has 10 heteroatoms. The van der Waals surface area contributed by atoms with Gasteiger partial charge in [0.05, 0.1) is 30.3 Å². The Hall–Kier alpha value is -4.24. The van der Waals surface area contributed by atoms with Gasteiger partial charge in [-0.05, 0) is 30.3 Å². The van der Waals surface area contributed by atoms with Gasteiger partial charge >= 0.3 is 5.97 Å². The summed E-state index contributed by atoms with van der Waals surface area (Å²) in [5.74, 6) is -1.34. The fourth-order valence-corrected chi connectivity index (χ4v) is 3.31. The molecule has 3 aromatic rings. The van der Waals surface area contributed by atoms with E-state index in [1.165, 1.54) is 62.8 Å². The Morgan fingerprint density at radius 2 is 1.62 bits per heavy atom.